The average Bonchev–Trinajstić information content (AvgIpc) is 2.95. The Kier molecular flexibility index (Phi) is 9.09. The lowest BCUT2D eigenvalue weighted by Crippen LogP contribution is -2.43. The van der Waals surface area contributed by atoms with Crippen LogP contribution in [0.15, 0.2) is 157 Å². The Balaban J connectivity index is 1.54. The maximum Gasteiger partial charge on any atom is 0.0648 e. The molecule has 0 spiro atoms. The lowest BCUT2D eigenvalue weighted by atomic mass is 9.85. The van der Waals surface area contributed by atoms with Crippen LogP contribution in [0.1, 0.15) is 13.3 Å². The summed E-state index contributed by atoms with van der Waals surface area (Å²) in [6, 6.07) is 28.0. The van der Waals surface area contributed by atoms with Gasteiger partial charge in [0, 0.05) is 36.0 Å². The number of nitrogens with one attached hydrogen (secondary N) is 1. The number of hydrogen-bond acceptors (Lipinski definition) is 3. The molecular weight excluding hydrogens is 462 g/mol. The Bertz CT molecular complexity index is 1360. The molecule has 0 radical (unpaired) electrons. The van der Waals surface area contributed by atoms with Crippen molar-refractivity contribution in [3.8, 4) is 11.1 Å². The molecule has 0 fully saturated rings. The Morgan fingerprint density at radius 1 is 0.895 bits per heavy atom. The molecule has 0 saturated heterocycles. The maximum atomic E-state index is 4.08. The lowest BCUT2D eigenvalue weighted by molar-refractivity contribution is 0.560. The predicted molar refractivity (Wildman–Crippen MR) is 166 cm³/mol. The molecule has 3 heteroatoms. The standard InChI is InChI=1S/C35H35N3/c1-4-6-12-29-13-10-24-35(3,28-29)38(33-14-8-7-9-15-33)34-22-18-31(19-23-34)30-16-20-32(21-17-30)37-27-11-26-36-25-5-2/h4-26,37H,1-2,27-28H2,3H3/b12-6-,26-11-,36-25-. The smallest absolute Gasteiger partial charge is 0.0648 e. The Hall–Kier alpha value is -4.63. The molecule has 1 atom stereocenters. The van der Waals surface area contributed by atoms with E-state index in [2.05, 4.69) is 138 Å². The van der Waals surface area contributed by atoms with Crippen molar-refractivity contribution >= 4 is 23.3 Å². The van der Waals surface area contributed by atoms with Crippen LogP contribution in [0.25, 0.3) is 11.1 Å². The van der Waals surface area contributed by atoms with Crippen molar-refractivity contribution in [2.24, 2.45) is 4.99 Å². The van der Waals surface area contributed by atoms with Gasteiger partial charge in [0.1, 0.15) is 0 Å². The molecule has 0 aliphatic heterocycles. The first-order valence-corrected chi connectivity index (χ1v) is 12.9. The molecule has 0 bridgehead atoms. The number of aliphatic imine (C=N–C) groups is 1. The van der Waals surface area contributed by atoms with Crippen LogP contribution in [0, 0.1) is 0 Å². The van der Waals surface area contributed by atoms with Crippen molar-refractivity contribution in [3.63, 3.8) is 0 Å². The molecule has 1 unspecified atom stereocenters. The summed E-state index contributed by atoms with van der Waals surface area (Å²) in [5.41, 5.74) is 6.84. The van der Waals surface area contributed by atoms with E-state index in [4.69, 9.17) is 0 Å². The van der Waals surface area contributed by atoms with Gasteiger partial charge in [-0.15, -0.1) is 0 Å². The molecule has 0 aromatic heterocycles. The second kappa shape index (κ2) is 13.1. The fourth-order valence-electron chi connectivity index (χ4n) is 4.67. The molecule has 1 aliphatic rings. The van der Waals surface area contributed by atoms with E-state index in [1.807, 2.05) is 18.2 Å². The normalized spacial score (nSPS) is 17.1. The van der Waals surface area contributed by atoms with E-state index < -0.39 is 0 Å². The summed E-state index contributed by atoms with van der Waals surface area (Å²) in [5.74, 6) is 0. The summed E-state index contributed by atoms with van der Waals surface area (Å²) in [5, 5.41) is 3.38. The first kappa shape index (κ1) is 26.4. The summed E-state index contributed by atoms with van der Waals surface area (Å²) in [7, 11) is 0. The van der Waals surface area contributed by atoms with Crippen molar-refractivity contribution in [2.75, 3.05) is 16.8 Å². The molecule has 0 amide bonds. The highest BCUT2D eigenvalue weighted by molar-refractivity contribution is 5.73. The van der Waals surface area contributed by atoms with Gasteiger partial charge in [-0.1, -0.05) is 98.2 Å². The minimum Gasteiger partial charge on any atom is -0.382 e. The maximum absolute atomic E-state index is 4.08. The SMILES string of the molecule is C=C/C=C\C1=CC=CC(C)(N(c2ccccc2)c2ccc(-c3ccc(NC/C=C\N=C/C=C)cc3)cc2)C1. The molecule has 3 nitrogen and oxygen atoms in total. The van der Waals surface area contributed by atoms with Gasteiger partial charge in [-0.05, 0) is 72.5 Å². The highest BCUT2D eigenvalue weighted by atomic mass is 15.2. The van der Waals surface area contributed by atoms with Gasteiger partial charge in [-0.2, -0.15) is 0 Å². The zero-order valence-electron chi connectivity index (χ0n) is 22.0. The van der Waals surface area contributed by atoms with Crippen LogP contribution in [-0.2, 0) is 0 Å². The number of para-hydroxylation sites is 1. The molecule has 38 heavy (non-hydrogen) atoms. The summed E-state index contributed by atoms with van der Waals surface area (Å²) in [6.07, 6.45) is 20.6. The van der Waals surface area contributed by atoms with Gasteiger partial charge < -0.3 is 10.2 Å². The number of rotatable bonds is 11. The molecule has 4 rings (SSSR count). The van der Waals surface area contributed by atoms with Crippen LogP contribution < -0.4 is 10.2 Å². The van der Waals surface area contributed by atoms with E-state index in [1.165, 1.54) is 22.4 Å². The zero-order chi connectivity index (χ0) is 26.6. The summed E-state index contributed by atoms with van der Waals surface area (Å²) >= 11 is 0. The first-order valence-electron chi connectivity index (χ1n) is 12.9. The number of allylic oxidation sites excluding steroid dienone is 6. The highest BCUT2D eigenvalue weighted by Gasteiger charge is 2.32. The van der Waals surface area contributed by atoms with Crippen LogP contribution in [0.4, 0.5) is 17.1 Å². The van der Waals surface area contributed by atoms with Crippen molar-refractivity contribution in [3.05, 3.63) is 152 Å². The van der Waals surface area contributed by atoms with Crippen LogP contribution >= 0.6 is 0 Å². The molecule has 1 N–H and O–H groups in total. The van der Waals surface area contributed by atoms with E-state index >= 15 is 0 Å². The van der Waals surface area contributed by atoms with E-state index in [0.29, 0.717) is 6.54 Å². The van der Waals surface area contributed by atoms with Crippen molar-refractivity contribution in [1.29, 1.82) is 0 Å². The third kappa shape index (κ3) is 6.77. The zero-order valence-corrected chi connectivity index (χ0v) is 22.0. The number of anilines is 3. The largest absolute Gasteiger partial charge is 0.382 e. The van der Waals surface area contributed by atoms with E-state index in [9.17, 15) is 0 Å². The molecule has 3 aromatic carbocycles. The highest BCUT2D eigenvalue weighted by Crippen LogP contribution is 2.40. The average molecular weight is 498 g/mol. The van der Waals surface area contributed by atoms with E-state index in [1.54, 1.807) is 18.5 Å². The second-order valence-electron chi connectivity index (χ2n) is 9.32. The number of hydrogen-bond donors (Lipinski definition) is 1. The van der Waals surface area contributed by atoms with Crippen LogP contribution in [0.5, 0.6) is 0 Å². The van der Waals surface area contributed by atoms with Crippen molar-refractivity contribution in [2.45, 2.75) is 18.9 Å². The Morgan fingerprint density at radius 3 is 2.26 bits per heavy atom. The molecule has 190 valence electrons. The summed E-state index contributed by atoms with van der Waals surface area (Å²) in [6.45, 7) is 10.4. The van der Waals surface area contributed by atoms with Gasteiger partial charge in [0.05, 0.1) is 5.54 Å². The van der Waals surface area contributed by atoms with Gasteiger partial charge in [0.15, 0.2) is 0 Å². The van der Waals surface area contributed by atoms with Crippen LogP contribution in [0.2, 0.25) is 0 Å². The molecule has 0 heterocycles. The first-order chi connectivity index (χ1) is 18.6. The third-order valence-electron chi connectivity index (χ3n) is 6.45. The van der Waals surface area contributed by atoms with Gasteiger partial charge in [0.2, 0.25) is 0 Å². The quantitative estimate of drug-likeness (QED) is 0.211. The fraction of sp³-hybridized carbons (Fsp3) is 0.114. The van der Waals surface area contributed by atoms with E-state index in [-0.39, 0.29) is 5.54 Å². The van der Waals surface area contributed by atoms with Crippen LogP contribution in [-0.4, -0.2) is 18.3 Å². The van der Waals surface area contributed by atoms with Gasteiger partial charge in [0.25, 0.3) is 0 Å². The van der Waals surface area contributed by atoms with Gasteiger partial charge in [-0.25, -0.2) is 0 Å². The van der Waals surface area contributed by atoms with Gasteiger partial charge >= 0.3 is 0 Å². The second-order valence-corrected chi connectivity index (χ2v) is 9.32. The monoisotopic (exact) mass is 497 g/mol. The molecule has 3 aromatic rings. The Labute approximate surface area is 227 Å². The molecule has 0 saturated carbocycles. The summed E-state index contributed by atoms with van der Waals surface area (Å²) in [4.78, 5) is 6.52. The lowest BCUT2D eigenvalue weighted by Gasteiger charge is -2.43. The molecule has 1 aliphatic carbocycles. The predicted octanol–water partition coefficient (Wildman–Crippen LogP) is 9.06. The number of nitrogens with zero attached hydrogens (tertiary/aromatic N) is 2. The van der Waals surface area contributed by atoms with Crippen molar-refractivity contribution < 1.29 is 0 Å². The third-order valence-corrected chi connectivity index (χ3v) is 6.45. The molecular formula is C35H35N3. The fourth-order valence-corrected chi connectivity index (χ4v) is 4.67. The van der Waals surface area contributed by atoms with Crippen molar-refractivity contribution in [1.82, 2.24) is 0 Å². The van der Waals surface area contributed by atoms with Crippen LogP contribution in [0.3, 0.4) is 0 Å². The minimum atomic E-state index is -0.211. The minimum absolute atomic E-state index is 0.211. The Morgan fingerprint density at radius 2 is 1.58 bits per heavy atom. The van der Waals surface area contributed by atoms with E-state index in [0.717, 1.165) is 17.8 Å². The summed E-state index contributed by atoms with van der Waals surface area (Å²) < 4.78 is 0. The number of benzene rings is 3. The topological polar surface area (TPSA) is 27.6 Å². The van der Waals surface area contributed by atoms with Gasteiger partial charge in [-0.3, -0.25) is 4.99 Å².